The smallest absolute Gasteiger partial charge is 0.262 e. The Balaban J connectivity index is 2.33. The van der Waals surface area contributed by atoms with E-state index in [2.05, 4.69) is 15.9 Å². The lowest BCUT2D eigenvalue weighted by Gasteiger charge is -2.28. The number of hydrogen-bond acceptors (Lipinski definition) is 4. The molecule has 0 amide bonds. The number of piperidine rings is 1. The van der Waals surface area contributed by atoms with Gasteiger partial charge in [0.2, 0.25) is 0 Å². The van der Waals surface area contributed by atoms with Crippen molar-refractivity contribution in [3.63, 3.8) is 0 Å². The molecule has 1 aliphatic heterocycles. The van der Waals surface area contributed by atoms with Crippen LogP contribution in [0.15, 0.2) is 12.1 Å². The summed E-state index contributed by atoms with van der Waals surface area (Å²) in [5.41, 5.74) is 3.28. The predicted octanol–water partition coefficient (Wildman–Crippen LogP) is 0.826. The molecule has 0 bridgehead atoms. The molecule has 1 aromatic heterocycles. The Morgan fingerprint density at radius 3 is 2.81 bits per heavy atom. The van der Waals surface area contributed by atoms with Gasteiger partial charge in [0.25, 0.3) is 13.0 Å². The molecule has 0 unspecified atom stereocenters. The summed E-state index contributed by atoms with van der Waals surface area (Å²) in [5.74, 6) is 0.931. The molecular weight excluding hydrogens is 204 g/mol. The Morgan fingerprint density at radius 1 is 1.44 bits per heavy atom. The van der Waals surface area contributed by atoms with Gasteiger partial charge in [0.15, 0.2) is 0 Å². The molecule has 4 N–H and O–H groups in total. The molecule has 2 rings (SSSR count). The number of anilines is 3. The van der Waals surface area contributed by atoms with E-state index in [-0.39, 0.29) is 0 Å². The van der Waals surface area contributed by atoms with Crippen LogP contribution in [0.3, 0.4) is 0 Å². The average molecular weight is 224 g/mol. The van der Waals surface area contributed by atoms with Crippen LogP contribution in [0.25, 0.3) is 0 Å². The monoisotopic (exact) mass is 224 g/mol. The Morgan fingerprint density at radius 2 is 2.19 bits per heavy atom. The number of nitrogens with zero attached hydrogens (tertiary/aromatic N) is 2. The highest BCUT2D eigenvalue weighted by Crippen LogP contribution is 2.22. The molecule has 2 heterocycles. The first-order chi connectivity index (χ1) is 8.26. The fourth-order valence-electron chi connectivity index (χ4n) is 2.09. The van der Waals surface area contributed by atoms with Crippen molar-refractivity contribution in [2.75, 3.05) is 36.1 Å². The van der Waals surface area contributed by atoms with Crippen LogP contribution in [-0.4, -0.2) is 25.3 Å². The lowest BCUT2D eigenvalue weighted by atomic mass is 10.1. The van der Waals surface area contributed by atoms with Crippen molar-refractivity contribution in [3.8, 4) is 0 Å². The van der Waals surface area contributed by atoms with Crippen LogP contribution in [0.2, 0.25) is 1.41 Å². The summed E-state index contributed by atoms with van der Waals surface area (Å²) in [6.07, 6.45) is 3.69. The third kappa shape index (κ3) is 1.98. The quantitative estimate of drug-likeness (QED) is 0.525. The lowest BCUT2D eigenvalue weighted by Crippen LogP contribution is -2.38. The minimum Gasteiger partial charge on any atom is -0.371 e. The van der Waals surface area contributed by atoms with Gasteiger partial charge in [0.05, 0.1) is 5.69 Å². The van der Waals surface area contributed by atoms with Gasteiger partial charge in [-0.2, -0.15) is 0 Å². The fourth-order valence-corrected chi connectivity index (χ4v) is 2.09. The van der Waals surface area contributed by atoms with Gasteiger partial charge in [0.1, 0.15) is 0 Å². The number of hydrogen-bond donors (Lipinski definition) is 3. The van der Waals surface area contributed by atoms with Gasteiger partial charge < -0.3 is 21.2 Å². The molecule has 0 radical (unpaired) electrons. The maximum atomic E-state index is 9.76. The van der Waals surface area contributed by atoms with E-state index in [1.54, 1.807) is 13.1 Å². The highest BCUT2D eigenvalue weighted by atomic mass is 16.5. The fraction of sp³-hybridized carbons (Fsp3) is 0.545. The molecular formula is C11H19N4O+. The summed E-state index contributed by atoms with van der Waals surface area (Å²) < 4.78 is 8.13. The molecule has 88 valence electrons. The first-order valence-electron chi connectivity index (χ1n) is 6.16. The summed E-state index contributed by atoms with van der Waals surface area (Å²) >= 11 is 0. The van der Waals surface area contributed by atoms with E-state index in [0.717, 1.165) is 23.5 Å². The highest BCUT2D eigenvalue weighted by Gasteiger charge is 2.16. The number of nitrogen functional groups attached to an aromatic ring is 1. The Bertz CT molecular complexity index is 368. The maximum absolute atomic E-state index is 9.76. The van der Waals surface area contributed by atoms with Crippen LogP contribution in [0, 0.1) is 0 Å². The maximum Gasteiger partial charge on any atom is 0.262 e. The largest absolute Gasteiger partial charge is 0.371 e. The number of rotatable bonds is 3. The Labute approximate surface area is 96.9 Å². The van der Waals surface area contributed by atoms with Crippen LogP contribution in [0.4, 0.5) is 17.3 Å². The van der Waals surface area contributed by atoms with Crippen LogP contribution < -0.4 is 20.7 Å². The van der Waals surface area contributed by atoms with E-state index >= 15 is 0 Å². The van der Waals surface area contributed by atoms with Gasteiger partial charge >= 0.3 is 0 Å². The van der Waals surface area contributed by atoms with E-state index in [9.17, 15) is 5.21 Å². The van der Waals surface area contributed by atoms with Crippen molar-refractivity contribution < 1.29 is 11.3 Å². The van der Waals surface area contributed by atoms with Crippen molar-refractivity contribution >= 4 is 17.3 Å². The summed E-state index contributed by atoms with van der Waals surface area (Å²) in [6, 6.07) is 3.69. The zero-order valence-electron chi connectivity index (χ0n) is 10.5. The molecule has 0 spiro atoms. The average Bonchev–Trinajstić information content (AvgIpc) is 2.40. The van der Waals surface area contributed by atoms with E-state index in [0.29, 0.717) is 11.6 Å². The second-order valence-electron chi connectivity index (χ2n) is 4.09. The van der Waals surface area contributed by atoms with Crippen molar-refractivity contribution in [2.45, 2.75) is 19.3 Å². The SMILES string of the molecule is [2H]Nc1cc(N2CCCCC2)cc(NC)[n+]1O. The summed E-state index contributed by atoms with van der Waals surface area (Å²) in [7, 11) is 1.75. The second-order valence-corrected chi connectivity index (χ2v) is 4.09. The molecule has 0 aromatic carbocycles. The van der Waals surface area contributed by atoms with Gasteiger partial charge in [-0.05, 0) is 19.3 Å². The molecule has 0 saturated carbocycles. The third-order valence-corrected chi connectivity index (χ3v) is 3.00. The highest BCUT2D eigenvalue weighted by molar-refractivity contribution is 5.56. The molecule has 0 atom stereocenters. The normalized spacial score (nSPS) is 16.8. The standard InChI is InChI=1S/C11H18N4O/c1-13-11-8-9(7-10(12)15(11)16)14-5-3-2-4-6-14/h7-8,16H,2-6H2,1H3,(H2,12,13)/p+1/i/hD. The molecule has 0 aliphatic carbocycles. The van der Waals surface area contributed by atoms with Crippen molar-refractivity contribution in [2.24, 2.45) is 0 Å². The first-order valence-corrected chi connectivity index (χ1v) is 5.66. The lowest BCUT2D eigenvalue weighted by molar-refractivity contribution is -0.882. The van der Waals surface area contributed by atoms with Crippen LogP contribution >= 0.6 is 0 Å². The third-order valence-electron chi connectivity index (χ3n) is 3.00. The number of aromatic nitrogens is 1. The van der Waals surface area contributed by atoms with Crippen molar-refractivity contribution in [3.05, 3.63) is 12.1 Å². The number of nitrogens with two attached hydrogens (primary N) is 1. The van der Waals surface area contributed by atoms with Gasteiger partial charge in [0, 0.05) is 32.3 Å². The van der Waals surface area contributed by atoms with Gasteiger partial charge in [-0.25, -0.2) is 0 Å². The molecule has 5 heteroatoms. The molecule has 1 aliphatic rings. The zero-order chi connectivity index (χ0) is 12.3. The minimum atomic E-state index is 0.359. The van der Waals surface area contributed by atoms with Gasteiger partial charge in [-0.1, -0.05) is 4.73 Å². The zero-order valence-corrected chi connectivity index (χ0v) is 9.53. The summed E-state index contributed by atoms with van der Waals surface area (Å²) in [5, 5.41) is 12.7. The summed E-state index contributed by atoms with van der Waals surface area (Å²) in [6.45, 7) is 2.08. The molecule has 1 aromatic rings. The van der Waals surface area contributed by atoms with E-state index in [1.165, 1.54) is 19.3 Å². The van der Waals surface area contributed by atoms with Crippen molar-refractivity contribution in [1.82, 2.24) is 0 Å². The number of nitrogens with one attached hydrogen (secondary N) is 1. The predicted molar refractivity (Wildman–Crippen MR) is 63.8 cm³/mol. The molecule has 1 saturated heterocycles. The topological polar surface area (TPSA) is 65.4 Å². The van der Waals surface area contributed by atoms with E-state index in [4.69, 9.17) is 1.41 Å². The van der Waals surface area contributed by atoms with Crippen LogP contribution in [-0.2, 0) is 0 Å². The minimum absolute atomic E-state index is 0.359. The Hall–Kier alpha value is -1.65. The summed E-state index contributed by atoms with van der Waals surface area (Å²) in [4.78, 5) is 2.28. The molecule has 16 heavy (non-hydrogen) atoms. The van der Waals surface area contributed by atoms with Crippen LogP contribution in [0.5, 0.6) is 0 Å². The second kappa shape index (κ2) is 4.47. The van der Waals surface area contributed by atoms with Gasteiger partial charge in [-0.3, -0.25) is 0 Å². The van der Waals surface area contributed by atoms with E-state index in [1.807, 2.05) is 6.07 Å². The Kier molecular flexibility index (Phi) is 2.67. The van der Waals surface area contributed by atoms with Crippen LogP contribution in [0.1, 0.15) is 19.3 Å². The number of pyridine rings is 1. The van der Waals surface area contributed by atoms with Crippen molar-refractivity contribution in [1.29, 1.82) is 0 Å². The molecule has 1 fully saturated rings. The molecule has 5 nitrogen and oxygen atoms in total. The van der Waals surface area contributed by atoms with E-state index < -0.39 is 0 Å². The first kappa shape index (κ1) is 9.57. The van der Waals surface area contributed by atoms with Gasteiger partial charge in [-0.15, -0.1) is 0 Å².